The molecule has 0 fully saturated rings. The van der Waals surface area contributed by atoms with Crippen molar-refractivity contribution in [3.05, 3.63) is 22.9 Å². The number of hydrogen-bond donors (Lipinski definition) is 0. The zero-order valence-corrected chi connectivity index (χ0v) is 11.2. The topological polar surface area (TPSA) is 89.3 Å². The molecule has 0 atom stereocenters. The zero-order valence-electron chi connectivity index (χ0n) is 10.4. The first-order valence-electron chi connectivity index (χ1n) is 5.07. The Morgan fingerprint density at radius 1 is 1.50 bits per heavy atom. The molecule has 0 saturated heterocycles. The van der Waals surface area contributed by atoms with Crippen molar-refractivity contribution in [3.63, 3.8) is 0 Å². The Balaban J connectivity index is 3.16. The Morgan fingerprint density at radius 3 is 2.67 bits per heavy atom. The molecule has 0 saturated carbocycles. The zero-order chi connectivity index (χ0) is 13.8. The highest BCUT2D eigenvalue weighted by Gasteiger charge is 2.17. The number of aromatic nitrogens is 1. The maximum Gasteiger partial charge on any atom is 0.194 e. The third-order valence-corrected chi connectivity index (χ3v) is 3.23. The van der Waals surface area contributed by atoms with E-state index in [2.05, 4.69) is 4.98 Å². The Bertz CT molecular complexity index is 575. The fraction of sp³-hybridized carbons (Fsp3) is 0.455. The van der Waals surface area contributed by atoms with Gasteiger partial charge in [0.05, 0.1) is 12.2 Å². The summed E-state index contributed by atoms with van der Waals surface area (Å²) in [6.07, 6.45) is 1.02. The van der Waals surface area contributed by atoms with E-state index in [1.54, 1.807) is 6.92 Å². The number of nitriles is 1. The van der Waals surface area contributed by atoms with Gasteiger partial charge in [-0.05, 0) is 13.0 Å². The molecule has 18 heavy (non-hydrogen) atoms. The van der Waals surface area contributed by atoms with Crippen LogP contribution in [0.2, 0.25) is 0 Å². The van der Waals surface area contributed by atoms with Gasteiger partial charge in [0.2, 0.25) is 0 Å². The summed E-state index contributed by atoms with van der Waals surface area (Å²) >= 11 is 0. The minimum Gasteiger partial charge on any atom is -0.359 e. The maximum absolute atomic E-state index is 11.5. The van der Waals surface area contributed by atoms with E-state index in [0.717, 1.165) is 6.26 Å². The predicted octanol–water partition coefficient (Wildman–Crippen LogP) is 0.786. The van der Waals surface area contributed by atoms with Gasteiger partial charge < -0.3 is 9.47 Å². The van der Waals surface area contributed by atoms with E-state index in [-0.39, 0.29) is 24.0 Å². The summed E-state index contributed by atoms with van der Waals surface area (Å²) in [6.45, 7) is 2.00. The van der Waals surface area contributed by atoms with Gasteiger partial charge in [-0.3, -0.25) is 0 Å². The van der Waals surface area contributed by atoms with Crippen LogP contribution in [0.15, 0.2) is 11.1 Å². The number of sulfone groups is 1. The molecule has 1 rings (SSSR count). The van der Waals surface area contributed by atoms with Gasteiger partial charge in [-0.1, -0.05) is 0 Å². The number of rotatable bonds is 5. The molecule has 0 aliphatic carbocycles. The Kier molecular flexibility index (Phi) is 4.78. The molecule has 98 valence electrons. The molecule has 1 aromatic heterocycles. The lowest BCUT2D eigenvalue weighted by Crippen LogP contribution is -2.08. The van der Waals surface area contributed by atoms with Gasteiger partial charge in [0.1, 0.15) is 12.9 Å². The molecule has 0 aliphatic rings. The highest BCUT2D eigenvalue weighted by molar-refractivity contribution is 7.90. The smallest absolute Gasteiger partial charge is 0.194 e. The van der Waals surface area contributed by atoms with Crippen LogP contribution in [-0.4, -0.2) is 33.6 Å². The molecule has 0 unspecified atom stereocenters. The van der Waals surface area contributed by atoms with Gasteiger partial charge in [-0.2, -0.15) is 5.26 Å². The van der Waals surface area contributed by atoms with Crippen LogP contribution in [0.1, 0.15) is 16.8 Å². The summed E-state index contributed by atoms with van der Waals surface area (Å²) in [5.74, 6) is 0. The largest absolute Gasteiger partial charge is 0.359 e. The maximum atomic E-state index is 11.5. The molecule has 0 aliphatic heterocycles. The van der Waals surface area contributed by atoms with Crippen LogP contribution in [0.3, 0.4) is 0 Å². The van der Waals surface area contributed by atoms with Crippen LogP contribution in [0.4, 0.5) is 0 Å². The SMILES string of the molecule is COCOCc1cc(C#N)c(S(C)(=O)=O)nc1C. The lowest BCUT2D eigenvalue weighted by Gasteiger charge is -2.09. The molecule has 0 aromatic carbocycles. The lowest BCUT2D eigenvalue weighted by atomic mass is 10.1. The summed E-state index contributed by atoms with van der Waals surface area (Å²) in [4.78, 5) is 3.96. The summed E-state index contributed by atoms with van der Waals surface area (Å²) < 4.78 is 32.8. The van der Waals surface area contributed by atoms with Gasteiger partial charge in [-0.25, -0.2) is 13.4 Å². The first kappa shape index (κ1) is 14.6. The molecule has 0 spiro atoms. The summed E-state index contributed by atoms with van der Waals surface area (Å²) in [6, 6.07) is 3.31. The highest BCUT2D eigenvalue weighted by Crippen LogP contribution is 2.17. The Morgan fingerprint density at radius 2 is 2.17 bits per heavy atom. The summed E-state index contributed by atoms with van der Waals surface area (Å²) in [7, 11) is -2.01. The van der Waals surface area contributed by atoms with E-state index < -0.39 is 9.84 Å². The van der Waals surface area contributed by atoms with Crippen LogP contribution >= 0.6 is 0 Å². The molecule has 1 aromatic rings. The minimum absolute atomic E-state index is 0.0270. The highest BCUT2D eigenvalue weighted by atomic mass is 32.2. The number of aryl methyl sites for hydroxylation is 1. The third-order valence-electron chi connectivity index (χ3n) is 2.21. The number of nitrogens with zero attached hydrogens (tertiary/aromatic N) is 2. The van der Waals surface area contributed by atoms with Crippen molar-refractivity contribution in [1.82, 2.24) is 4.98 Å². The average Bonchev–Trinajstić information content (AvgIpc) is 2.29. The van der Waals surface area contributed by atoms with E-state index in [1.165, 1.54) is 13.2 Å². The second kappa shape index (κ2) is 5.91. The van der Waals surface area contributed by atoms with Crippen LogP contribution < -0.4 is 0 Å². The first-order chi connectivity index (χ1) is 8.40. The fourth-order valence-corrected chi connectivity index (χ4v) is 2.18. The van der Waals surface area contributed by atoms with Crippen LogP contribution in [-0.2, 0) is 25.9 Å². The number of ether oxygens (including phenoxy) is 2. The van der Waals surface area contributed by atoms with E-state index in [9.17, 15) is 8.42 Å². The van der Waals surface area contributed by atoms with Crippen molar-refractivity contribution in [2.45, 2.75) is 18.6 Å². The molecular formula is C11H14N2O4S. The summed E-state index contributed by atoms with van der Waals surface area (Å²) in [5.41, 5.74) is 1.21. The van der Waals surface area contributed by atoms with Gasteiger partial charge in [0.15, 0.2) is 14.9 Å². The number of hydrogen-bond acceptors (Lipinski definition) is 6. The van der Waals surface area contributed by atoms with Crippen LogP contribution in [0.5, 0.6) is 0 Å². The van der Waals surface area contributed by atoms with Gasteiger partial charge in [-0.15, -0.1) is 0 Å². The van der Waals surface area contributed by atoms with E-state index in [4.69, 9.17) is 14.7 Å². The molecule has 7 heteroatoms. The lowest BCUT2D eigenvalue weighted by molar-refractivity contribution is -0.0393. The predicted molar refractivity (Wildman–Crippen MR) is 63.5 cm³/mol. The van der Waals surface area contributed by atoms with Crippen molar-refractivity contribution in [3.8, 4) is 6.07 Å². The Hall–Kier alpha value is -1.49. The van der Waals surface area contributed by atoms with E-state index in [1.807, 2.05) is 6.07 Å². The van der Waals surface area contributed by atoms with Crippen molar-refractivity contribution >= 4 is 9.84 Å². The van der Waals surface area contributed by atoms with Crippen molar-refractivity contribution in [2.75, 3.05) is 20.2 Å². The first-order valence-corrected chi connectivity index (χ1v) is 6.96. The quantitative estimate of drug-likeness (QED) is 0.580. The normalized spacial score (nSPS) is 11.2. The molecule has 0 amide bonds. The average molecular weight is 270 g/mol. The molecule has 0 N–H and O–H groups in total. The Labute approximate surface area is 106 Å². The standard InChI is InChI=1S/C11H14N2O4S/c1-8-10(6-17-7-16-2)4-9(5-12)11(13-8)18(3,14)15/h4H,6-7H2,1-3H3. The second-order valence-electron chi connectivity index (χ2n) is 3.72. The molecule has 0 radical (unpaired) electrons. The number of pyridine rings is 1. The van der Waals surface area contributed by atoms with E-state index in [0.29, 0.717) is 11.3 Å². The monoisotopic (exact) mass is 270 g/mol. The van der Waals surface area contributed by atoms with Crippen molar-refractivity contribution in [1.29, 1.82) is 5.26 Å². The number of methoxy groups -OCH3 is 1. The van der Waals surface area contributed by atoms with Crippen molar-refractivity contribution < 1.29 is 17.9 Å². The van der Waals surface area contributed by atoms with Gasteiger partial charge in [0, 0.05) is 24.6 Å². The van der Waals surface area contributed by atoms with Crippen LogP contribution in [0.25, 0.3) is 0 Å². The molecule has 0 bridgehead atoms. The summed E-state index contributed by atoms with van der Waals surface area (Å²) in [5, 5.41) is 8.75. The van der Waals surface area contributed by atoms with Crippen molar-refractivity contribution in [2.24, 2.45) is 0 Å². The van der Waals surface area contributed by atoms with Gasteiger partial charge >= 0.3 is 0 Å². The third kappa shape index (κ3) is 3.50. The fourth-order valence-electron chi connectivity index (χ4n) is 1.37. The second-order valence-corrected chi connectivity index (χ2v) is 5.66. The molecule has 1 heterocycles. The molecular weight excluding hydrogens is 256 g/mol. The molecule has 6 nitrogen and oxygen atoms in total. The minimum atomic E-state index is -3.51. The van der Waals surface area contributed by atoms with Crippen LogP contribution in [0, 0.1) is 18.3 Å². The van der Waals surface area contributed by atoms with E-state index >= 15 is 0 Å². The van der Waals surface area contributed by atoms with Gasteiger partial charge in [0.25, 0.3) is 0 Å².